The smallest absolute Gasteiger partial charge is 0.208 e. The van der Waals surface area contributed by atoms with Gasteiger partial charge in [-0.15, -0.1) is 11.3 Å². The second-order valence-corrected chi connectivity index (χ2v) is 8.54. The van der Waals surface area contributed by atoms with Gasteiger partial charge in [-0.3, -0.25) is 0 Å². The summed E-state index contributed by atoms with van der Waals surface area (Å²) >= 11 is 8.09. The van der Waals surface area contributed by atoms with Gasteiger partial charge in [-0.2, -0.15) is 9.97 Å². The molecule has 30 heavy (non-hydrogen) atoms. The summed E-state index contributed by atoms with van der Waals surface area (Å²) < 4.78 is 2.52. The first-order valence-electron chi connectivity index (χ1n) is 9.57. The third kappa shape index (κ3) is 2.93. The number of rotatable bonds is 2. The molecule has 5 heteroatoms. The molecule has 2 aromatic heterocycles. The highest BCUT2D eigenvalue weighted by Gasteiger charge is 2.12. The number of fused-ring (bicyclic) bond motifs is 4. The fraction of sp³-hybridized carbons (Fsp3) is 0. The van der Waals surface area contributed by atoms with Crippen LogP contribution in [0.2, 0.25) is 5.28 Å². The first kappa shape index (κ1) is 17.5. The molecular formula is C25H14ClN3S. The molecule has 0 fully saturated rings. The van der Waals surface area contributed by atoms with Crippen molar-refractivity contribution in [3.63, 3.8) is 0 Å². The first-order valence-corrected chi connectivity index (χ1v) is 10.8. The molecule has 0 aliphatic carbocycles. The normalized spacial score (nSPS) is 11.5. The number of nitrogens with zero attached hydrogens (tertiary/aromatic N) is 3. The third-order valence-corrected chi connectivity index (χ3v) is 6.57. The Balaban J connectivity index is 1.51. The van der Waals surface area contributed by atoms with Crippen LogP contribution in [0.4, 0.5) is 0 Å². The standard InChI is InChI=1S/C25H14ClN3S/c26-25-28-23(17-10-9-15-5-1-2-6-16(15)13-17)27-24(29-25)18-11-12-22-20(14-18)19-7-3-4-8-21(19)30-22/h1-14H. The highest BCUT2D eigenvalue weighted by Crippen LogP contribution is 2.36. The van der Waals surface area contributed by atoms with E-state index in [0.717, 1.165) is 16.5 Å². The van der Waals surface area contributed by atoms with Crippen molar-refractivity contribution in [1.29, 1.82) is 0 Å². The fourth-order valence-corrected chi connectivity index (χ4v) is 5.05. The zero-order chi connectivity index (χ0) is 20.1. The van der Waals surface area contributed by atoms with Gasteiger partial charge in [-0.05, 0) is 52.7 Å². The van der Waals surface area contributed by atoms with Crippen molar-refractivity contribution in [3.05, 3.63) is 90.2 Å². The number of aromatic nitrogens is 3. The van der Waals surface area contributed by atoms with E-state index in [1.54, 1.807) is 11.3 Å². The van der Waals surface area contributed by atoms with Crippen LogP contribution < -0.4 is 0 Å². The molecule has 0 aliphatic rings. The van der Waals surface area contributed by atoms with Gasteiger partial charge in [0.1, 0.15) is 0 Å². The van der Waals surface area contributed by atoms with E-state index in [4.69, 9.17) is 16.6 Å². The quantitative estimate of drug-likeness (QED) is 0.291. The summed E-state index contributed by atoms with van der Waals surface area (Å²) in [6.45, 7) is 0. The minimum absolute atomic E-state index is 0.193. The predicted octanol–water partition coefficient (Wildman–Crippen LogP) is 7.38. The molecule has 0 bridgehead atoms. The number of thiophene rings is 1. The molecule has 0 saturated carbocycles. The van der Waals surface area contributed by atoms with Crippen molar-refractivity contribution in [2.24, 2.45) is 0 Å². The molecule has 3 nitrogen and oxygen atoms in total. The topological polar surface area (TPSA) is 38.7 Å². The van der Waals surface area contributed by atoms with Crippen molar-refractivity contribution in [1.82, 2.24) is 15.0 Å². The first-order chi connectivity index (χ1) is 14.7. The molecule has 0 unspecified atom stereocenters. The summed E-state index contributed by atoms with van der Waals surface area (Å²) in [4.78, 5) is 13.5. The summed E-state index contributed by atoms with van der Waals surface area (Å²) in [5, 5.41) is 4.96. The Morgan fingerprint density at radius 1 is 0.567 bits per heavy atom. The molecular weight excluding hydrogens is 410 g/mol. The van der Waals surface area contributed by atoms with Gasteiger partial charge in [0.25, 0.3) is 0 Å². The largest absolute Gasteiger partial charge is 0.226 e. The van der Waals surface area contributed by atoms with Crippen LogP contribution in [0, 0.1) is 0 Å². The molecule has 0 saturated heterocycles. The van der Waals surface area contributed by atoms with E-state index in [-0.39, 0.29) is 5.28 Å². The van der Waals surface area contributed by atoms with Crippen molar-refractivity contribution < 1.29 is 0 Å². The van der Waals surface area contributed by atoms with Crippen molar-refractivity contribution in [3.8, 4) is 22.8 Å². The Morgan fingerprint density at radius 3 is 2.10 bits per heavy atom. The van der Waals surface area contributed by atoms with Gasteiger partial charge in [0, 0.05) is 31.3 Å². The maximum absolute atomic E-state index is 6.30. The molecule has 4 aromatic carbocycles. The molecule has 0 amide bonds. The molecule has 0 atom stereocenters. The molecule has 0 N–H and O–H groups in total. The van der Waals surface area contributed by atoms with Gasteiger partial charge >= 0.3 is 0 Å². The molecule has 142 valence electrons. The van der Waals surface area contributed by atoms with Crippen molar-refractivity contribution in [2.45, 2.75) is 0 Å². The predicted molar refractivity (Wildman–Crippen MR) is 126 cm³/mol. The Labute approximate surface area is 181 Å². The van der Waals surface area contributed by atoms with E-state index in [1.165, 1.54) is 25.6 Å². The average Bonchev–Trinajstić information content (AvgIpc) is 3.16. The van der Waals surface area contributed by atoms with Gasteiger partial charge in [0.05, 0.1) is 0 Å². The summed E-state index contributed by atoms with van der Waals surface area (Å²) in [7, 11) is 0. The molecule has 2 heterocycles. The van der Waals surface area contributed by atoms with Crippen LogP contribution in [-0.4, -0.2) is 15.0 Å². The number of hydrogen-bond acceptors (Lipinski definition) is 4. The molecule has 0 radical (unpaired) electrons. The minimum Gasteiger partial charge on any atom is -0.208 e. The zero-order valence-corrected chi connectivity index (χ0v) is 17.3. The Bertz CT molecular complexity index is 1570. The van der Waals surface area contributed by atoms with Crippen LogP contribution >= 0.6 is 22.9 Å². The maximum atomic E-state index is 6.30. The van der Waals surface area contributed by atoms with E-state index in [9.17, 15) is 0 Å². The molecule has 6 aromatic rings. The van der Waals surface area contributed by atoms with E-state index in [2.05, 4.69) is 70.6 Å². The van der Waals surface area contributed by atoms with Gasteiger partial charge in [-0.1, -0.05) is 54.6 Å². The van der Waals surface area contributed by atoms with Crippen molar-refractivity contribution >= 4 is 53.9 Å². The number of hydrogen-bond donors (Lipinski definition) is 0. The van der Waals surface area contributed by atoms with Crippen LogP contribution in [0.1, 0.15) is 0 Å². The average molecular weight is 424 g/mol. The summed E-state index contributed by atoms with van der Waals surface area (Å²) in [6, 6.07) is 29.2. The Kier molecular flexibility index (Phi) is 4.01. The monoisotopic (exact) mass is 423 g/mol. The third-order valence-electron chi connectivity index (χ3n) is 5.25. The second-order valence-electron chi connectivity index (χ2n) is 7.12. The lowest BCUT2D eigenvalue weighted by Crippen LogP contribution is -1.97. The van der Waals surface area contributed by atoms with Crippen molar-refractivity contribution in [2.75, 3.05) is 0 Å². The lowest BCUT2D eigenvalue weighted by Gasteiger charge is -2.06. The molecule has 6 rings (SSSR count). The van der Waals surface area contributed by atoms with Gasteiger partial charge in [0.2, 0.25) is 5.28 Å². The zero-order valence-electron chi connectivity index (χ0n) is 15.7. The lowest BCUT2D eigenvalue weighted by atomic mass is 10.1. The lowest BCUT2D eigenvalue weighted by molar-refractivity contribution is 1.07. The second kappa shape index (κ2) is 6.87. The Morgan fingerprint density at radius 2 is 1.23 bits per heavy atom. The highest BCUT2D eigenvalue weighted by atomic mass is 35.5. The highest BCUT2D eigenvalue weighted by molar-refractivity contribution is 7.25. The van der Waals surface area contributed by atoms with E-state index < -0.39 is 0 Å². The van der Waals surface area contributed by atoms with E-state index >= 15 is 0 Å². The minimum atomic E-state index is 0.193. The summed E-state index contributed by atoms with van der Waals surface area (Å²) in [6.07, 6.45) is 0. The van der Waals surface area contributed by atoms with Crippen LogP contribution in [0.3, 0.4) is 0 Å². The summed E-state index contributed by atoms with van der Waals surface area (Å²) in [5.41, 5.74) is 1.85. The van der Waals surface area contributed by atoms with Crippen LogP contribution in [0.5, 0.6) is 0 Å². The van der Waals surface area contributed by atoms with E-state index in [1.807, 2.05) is 24.3 Å². The number of halogens is 1. The van der Waals surface area contributed by atoms with Gasteiger partial charge < -0.3 is 0 Å². The van der Waals surface area contributed by atoms with Gasteiger partial charge in [-0.25, -0.2) is 4.98 Å². The number of benzene rings is 4. The maximum Gasteiger partial charge on any atom is 0.226 e. The molecule has 0 aliphatic heterocycles. The van der Waals surface area contributed by atoms with Crippen LogP contribution in [-0.2, 0) is 0 Å². The Hall–Kier alpha value is -3.34. The SMILES string of the molecule is Clc1nc(-c2ccc3ccccc3c2)nc(-c2ccc3sc4ccccc4c3c2)n1. The van der Waals surface area contributed by atoms with Gasteiger partial charge in [0.15, 0.2) is 11.6 Å². The molecule has 0 spiro atoms. The fourth-order valence-electron chi connectivity index (χ4n) is 3.80. The van der Waals surface area contributed by atoms with Crippen LogP contribution in [0.25, 0.3) is 53.7 Å². The van der Waals surface area contributed by atoms with E-state index in [0.29, 0.717) is 11.6 Å². The summed E-state index contributed by atoms with van der Waals surface area (Å²) in [5.74, 6) is 1.15. The van der Waals surface area contributed by atoms with Crippen LogP contribution in [0.15, 0.2) is 84.9 Å².